The molecule has 0 amide bonds. The van der Waals surface area contributed by atoms with Crippen molar-refractivity contribution in [3.05, 3.63) is 46.2 Å². The monoisotopic (exact) mass is 476 g/mol. The number of fused-ring (bicyclic) bond motifs is 1. The highest BCUT2D eigenvalue weighted by Gasteiger charge is 2.31. The highest BCUT2D eigenvalue weighted by Crippen LogP contribution is 2.42. The van der Waals surface area contributed by atoms with E-state index in [0.29, 0.717) is 35.5 Å². The van der Waals surface area contributed by atoms with Crippen molar-refractivity contribution in [2.24, 2.45) is 0 Å². The molecular weight excluding hydrogens is 444 g/mol. The van der Waals surface area contributed by atoms with Gasteiger partial charge in [0.2, 0.25) is 0 Å². The predicted octanol–water partition coefficient (Wildman–Crippen LogP) is 3.67. The molecule has 1 heterocycles. The fraction of sp³-hybridized carbons (Fsp3) is 0.480. The van der Waals surface area contributed by atoms with Crippen LogP contribution in [0.15, 0.2) is 24.0 Å². The van der Waals surface area contributed by atoms with E-state index in [1.807, 2.05) is 19.9 Å². The zero-order valence-corrected chi connectivity index (χ0v) is 20.3. The van der Waals surface area contributed by atoms with E-state index in [9.17, 15) is 19.5 Å². The van der Waals surface area contributed by atoms with Crippen molar-refractivity contribution in [1.82, 2.24) is 0 Å². The van der Waals surface area contributed by atoms with Gasteiger partial charge in [0.25, 0.3) is 0 Å². The molecule has 1 atom stereocenters. The van der Waals surface area contributed by atoms with E-state index < -0.39 is 24.0 Å². The van der Waals surface area contributed by atoms with Crippen LogP contribution in [0.2, 0.25) is 0 Å². The van der Waals surface area contributed by atoms with Gasteiger partial charge in [0.05, 0.1) is 12.9 Å². The van der Waals surface area contributed by atoms with E-state index in [0.717, 1.165) is 11.1 Å². The lowest BCUT2D eigenvalue weighted by Crippen LogP contribution is -2.29. The molecule has 0 spiro atoms. The van der Waals surface area contributed by atoms with Gasteiger partial charge in [-0.3, -0.25) is 9.59 Å². The number of esters is 3. The zero-order valence-electron chi connectivity index (χ0n) is 20.3. The second-order valence-electron chi connectivity index (χ2n) is 8.10. The summed E-state index contributed by atoms with van der Waals surface area (Å²) in [6.45, 7) is 10.3. The molecule has 1 unspecified atom stereocenters. The average Bonchev–Trinajstić information content (AvgIpc) is 3.17. The normalized spacial score (nSPS) is 13.6. The molecular formula is C25H32O9. The van der Waals surface area contributed by atoms with Gasteiger partial charge in [0, 0.05) is 24.5 Å². The standard InChI is InChI=1S/C25H32O9/c1-14(2)31-11-18(12-32-17(5)26)34-21(27)10-8-15(3)7-9-19-23(28)22-20(13-33-25(22)29)16(4)24(19)30-6/h7,18,28H,1,8-13H2,2-6H3/b15-7+. The summed E-state index contributed by atoms with van der Waals surface area (Å²) in [7, 11) is 1.51. The van der Waals surface area contributed by atoms with Crippen molar-refractivity contribution in [3.8, 4) is 11.5 Å². The van der Waals surface area contributed by atoms with Crippen molar-refractivity contribution in [2.45, 2.75) is 59.7 Å². The third kappa shape index (κ3) is 7.00. The fourth-order valence-electron chi connectivity index (χ4n) is 3.51. The molecule has 186 valence electrons. The molecule has 1 aliphatic rings. The highest BCUT2D eigenvalue weighted by molar-refractivity contribution is 5.98. The Morgan fingerprint density at radius 3 is 2.47 bits per heavy atom. The lowest BCUT2D eigenvalue weighted by atomic mass is 9.94. The Kier molecular flexibility index (Phi) is 9.53. The maximum atomic E-state index is 12.3. The van der Waals surface area contributed by atoms with E-state index in [1.54, 1.807) is 6.92 Å². The van der Waals surface area contributed by atoms with E-state index in [2.05, 4.69) is 6.58 Å². The number of phenolic OH excluding ortho intramolecular Hbond substituents is 1. The summed E-state index contributed by atoms with van der Waals surface area (Å²) in [6, 6.07) is 0. The first-order valence-corrected chi connectivity index (χ1v) is 10.9. The second kappa shape index (κ2) is 12.1. The Balaban J connectivity index is 2.01. The second-order valence-corrected chi connectivity index (χ2v) is 8.10. The Morgan fingerprint density at radius 1 is 1.18 bits per heavy atom. The molecule has 0 bridgehead atoms. The molecule has 9 heteroatoms. The number of carbonyl (C=O) groups is 3. The summed E-state index contributed by atoms with van der Waals surface area (Å²) in [5, 5.41) is 10.7. The molecule has 0 aromatic heterocycles. The summed E-state index contributed by atoms with van der Waals surface area (Å²) >= 11 is 0. The summed E-state index contributed by atoms with van der Waals surface area (Å²) in [4.78, 5) is 35.4. The van der Waals surface area contributed by atoms with Crippen LogP contribution >= 0.6 is 0 Å². The average molecular weight is 477 g/mol. The molecule has 0 fully saturated rings. The molecule has 0 radical (unpaired) electrons. The van der Waals surface area contributed by atoms with E-state index >= 15 is 0 Å². The van der Waals surface area contributed by atoms with Gasteiger partial charge in [-0.05, 0) is 39.2 Å². The number of rotatable bonds is 12. The van der Waals surface area contributed by atoms with Gasteiger partial charge in [-0.25, -0.2) is 4.79 Å². The molecule has 1 N–H and O–H groups in total. The molecule has 9 nitrogen and oxygen atoms in total. The van der Waals surface area contributed by atoms with Crippen LogP contribution in [0, 0.1) is 6.92 Å². The van der Waals surface area contributed by atoms with E-state index in [1.165, 1.54) is 14.0 Å². The maximum Gasteiger partial charge on any atom is 0.342 e. The predicted molar refractivity (Wildman–Crippen MR) is 122 cm³/mol. The van der Waals surface area contributed by atoms with Gasteiger partial charge in [-0.15, -0.1) is 0 Å². The summed E-state index contributed by atoms with van der Waals surface area (Å²) < 4.78 is 26.1. The lowest BCUT2D eigenvalue weighted by molar-refractivity contribution is -0.160. The van der Waals surface area contributed by atoms with Gasteiger partial charge in [-0.1, -0.05) is 18.2 Å². The summed E-state index contributed by atoms with van der Waals surface area (Å²) in [5.41, 5.74) is 2.93. The van der Waals surface area contributed by atoms with Crippen LogP contribution in [0.3, 0.4) is 0 Å². The van der Waals surface area contributed by atoms with Gasteiger partial charge >= 0.3 is 17.9 Å². The zero-order chi connectivity index (χ0) is 25.4. The molecule has 2 rings (SSSR count). The molecule has 1 aromatic rings. The van der Waals surface area contributed by atoms with Crippen LogP contribution in [-0.2, 0) is 41.6 Å². The Hall–Kier alpha value is -3.49. The molecule has 0 aliphatic carbocycles. The SMILES string of the molecule is C=C(C)OCC(COC(C)=O)OC(=O)CC/C(C)=C/Cc1c(O)c2c(c(C)c1OC)COC2=O. The third-order valence-electron chi connectivity index (χ3n) is 5.31. The van der Waals surface area contributed by atoms with Crippen LogP contribution in [0.25, 0.3) is 0 Å². The highest BCUT2D eigenvalue weighted by atomic mass is 16.6. The molecule has 1 aliphatic heterocycles. The smallest absolute Gasteiger partial charge is 0.342 e. The number of cyclic esters (lactones) is 1. The summed E-state index contributed by atoms with van der Waals surface area (Å²) in [5.74, 6) is -0.688. The Bertz CT molecular complexity index is 973. The number of hydrogen-bond donors (Lipinski definition) is 1. The molecule has 0 saturated carbocycles. The minimum absolute atomic E-state index is 0.0301. The third-order valence-corrected chi connectivity index (χ3v) is 5.31. The number of carbonyl (C=O) groups excluding carboxylic acids is 3. The lowest BCUT2D eigenvalue weighted by Gasteiger charge is -2.18. The molecule has 1 aromatic carbocycles. The van der Waals surface area contributed by atoms with Gasteiger partial charge in [0.1, 0.15) is 36.9 Å². The Morgan fingerprint density at radius 2 is 1.85 bits per heavy atom. The van der Waals surface area contributed by atoms with E-state index in [-0.39, 0.29) is 37.6 Å². The molecule has 0 saturated heterocycles. The van der Waals surface area contributed by atoms with Crippen LogP contribution in [-0.4, -0.2) is 49.4 Å². The summed E-state index contributed by atoms with van der Waals surface area (Å²) in [6.07, 6.45) is 1.93. The van der Waals surface area contributed by atoms with Crippen LogP contribution in [0.4, 0.5) is 0 Å². The van der Waals surface area contributed by atoms with Crippen molar-refractivity contribution >= 4 is 17.9 Å². The quantitative estimate of drug-likeness (QED) is 0.209. The number of ether oxygens (including phenoxy) is 5. The Labute approximate surface area is 199 Å². The largest absolute Gasteiger partial charge is 0.507 e. The van der Waals surface area contributed by atoms with Crippen molar-refractivity contribution in [3.63, 3.8) is 0 Å². The minimum Gasteiger partial charge on any atom is -0.507 e. The first-order valence-electron chi connectivity index (χ1n) is 10.9. The molecule has 34 heavy (non-hydrogen) atoms. The number of aromatic hydroxyl groups is 1. The van der Waals surface area contributed by atoms with Gasteiger partial charge in [0.15, 0.2) is 6.10 Å². The van der Waals surface area contributed by atoms with Crippen molar-refractivity contribution in [2.75, 3.05) is 20.3 Å². The van der Waals surface area contributed by atoms with E-state index in [4.69, 9.17) is 23.7 Å². The first-order chi connectivity index (χ1) is 16.0. The number of methoxy groups -OCH3 is 1. The van der Waals surface area contributed by atoms with Crippen molar-refractivity contribution in [1.29, 1.82) is 0 Å². The number of benzene rings is 1. The van der Waals surface area contributed by atoms with Crippen LogP contribution < -0.4 is 4.74 Å². The van der Waals surface area contributed by atoms with Crippen molar-refractivity contribution < 1.29 is 43.2 Å². The fourth-order valence-corrected chi connectivity index (χ4v) is 3.51. The first kappa shape index (κ1) is 26.8. The number of phenols is 1. The van der Waals surface area contributed by atoms with Crippen LogP contribution in [0.1, 0.15) is 60.7 Å². The van der Waals surface area contributed by atoms with Gasteiger partial charge < -0.3 is 28.8 Å². The topological polar surface area (TPSA) is 118 Å². The maximum absolute atomic E-state index is 12.3. The number of allylic oxidation sites excluding steroid dienone is 3. The number of hydrogen-bond acceptors (Lipinski definition) is 9. The minimum atomic E-state index is -0.743. The van der Waals surface area contributed by atoms with Gasteiger partial charge in [-0.2, -0.15) is 0 Å². The van der Waals surface area contributed by atoms with Crippen LogP contribution in [0.5, 0.6) is 11.5 Å².